The molecule has 0 atom stereocenters. The van der Waals surface area contributed by atoms with Crippen LogP contribution in [0, 0.1) is 5.41 Å². The summed E-state index contributed by atoms with van der Waals surface area (Å²) in [6.45, 7) is 3.65. The molecule has 1 spiro atoms. The van der Waals surface area contributed by atoms with Crippen molar-refractivity contribution in [1.82, 2.24) is 0 Å². The number of rotatable bonds is 4. The van der Waals surface area contributed by atoms with Gasteiger partial charge >= 0.3 is 0 Å². The normalized spacial score (nSPS) is 21.2. The topological polar surface area (TPSA) is 38.5 Å². The molecule has 3 nitrogen and oxygen atoms in total. The van der Waals surface area contributed by atoms with Gasteiger partial charge in [0.25, 0.3) is 0 Å². The van der Waals surface area contributed by atoms with E-state index in [-0.39, 0.29) is 0 Å². The first-order valence-electron chi connectivity index (χ1n) is 7.49. The summed E-state index contributed by atoms with van der Waals surface area (Å²) in [7, 11) is 0. The van der Waals surface area contributed by atoms with E-state index < -0.39 is 0 Å². The lowest BCUT2D eigenvalue weighted by Crippen LogP contribution is -2.57. The predicted octanol–water partition coefficient (Wildman–Crippen LogP) is 2.79. The molecule has 2 fully saturated rings. The molecule has 1 aliphatic carbocycles. The molecule has 2 N–H and O–H groups in total. The van der Waals surface area contributed by atoms with Gasteiger partial charge in [-0.05, 0) is 37.1 Å². The highest BCUT2D eigenvalue weighted by molar-refractivity contribution is 5.52. The fourth-order valence-electron chi connectivity index (χ4n) is 3.49. The molecule has 3 rings (SSSR count). The van der Waals surface area contributed by atoms with Crippen molar-refractivity contribution in [3.05, 3.63) is 24.3 Å². The van der Waals surface area contributed by atoms with Gasteiger partial charge in [0.15, 0.2) is 0 Å². The van der Waals surface area contributed by atoms with Gasteiger partial charge in [-0.2, -0.15) is 0 Å². The Labute approximate surface area is 115 Å². The second-order valence-corrected chi connectivity index (χ2v) is 6.05. The van der Waals surface area contributed by atoms with E-state index >= 15 is 0 Å². The van der Waals surface area contributed by atoms with Gasteiger partial charge in [-0.15, -0.1) is 0 Å². The number of nitrogens with two attached hydrogens (primary N) is 1. The van der Waals surface area contributed by atoms with Crippen LogP contribution in [0.25, 0.3) is 0 Å². The predicted molar refractivity (Wildman–Crippen MR) is 78.7 cm³/mol. The molecule has 1 aromatic carbocycles. The Balaban J connectivity index is 1.56. The number of nitrogens with zero attached hydrogens (tertiary/aromatic N) is 1. The lowest BCUT2D eigenvalue weighted by molar-refractivity contribution is 0.139. The molecule has 0 radical (unpaired) electrons. The third-order valence-corrected chi connectivity index (χ3v) is 4.56. The average Bonchev–Trinajstić information content (AvgIpc) is 2.44. The Hall–Kier alpha value is -1.22. The first-order chi connectivity index (χ1) is 9.31. The molecule has 0 aromatic heterocycles. The van der Waals surface area contributed by atoms with E-state index in [1.807, 2.05) is 0 Å². The maximum Gasteiger partial charge on any atom is 0.119 e. The van der Waals surface area contributed by atoms with E-state index in [0.29, 0.717) is 18.6 Å². The molecule has 104 valence electrons. The van der Waals surface area contributed by atoms with Gasteiger partial charge in [0, 0.05) is 30.7 Å². The SMILES string of the molecule is NCCOc1ccc(N2CC3(CCCCC3)C2)cc1. The van der Waals surface area contributed by atoms with Crippen molar-refractivity contribution >= 4 is 5.69 Å². The van der Waals surface area contributed by atoms with Crippen molar-refractivity contribution in [3.63, 3.8) is 0 Å². The molecule has 1 aromatic rings. The van der Waals surface area contributed by atoms with Crippen LogP contribution in [-0.4, -0.2) is 26.2 Å². The molecule has 0 bridgehead atoms. The molecule has 1 saturated carbocycles. The van der Waals surface area contributed by atoms with Crippen LogP contribution in [0.1, 0.15) is 32.1 Å². The number of ether oxygens (including phenoxy) is 1. The van der Waals surface area contributed by atoms with E-state index in [1.165, 1.54) is 50.9 Å². The highest BCUT2D eigenvalue weighted by atomic mass is 16.5. The second kappa shape index (κ2) is 5.41. The van der Waals surface area contributed by atoms with Crippen LogP contribution in [0.3, 0.4) is 0 Å². The monoisotopic (exact) mass is 260 g/mol. The fourth-order valence-corrected chi connectivity index (χ4v) is 3.49. The maximum atomic E-state index is 5.51. The smallest absolute Gasteiger partial charge is 0.119 e. The summed E-state index contributed by atoms with van der Waals surface area (Å²) in [6.07, 6.45) is 7.16. The zero-order valence-electron chi connectivity index (χ0n) is 11.6. The van der Waals surface area contributed by atoms with Crippen LogP contribution in [0.4, 0.5) is 5.69 Å². The van der Waals surface area contributed by atoms with Gasteiger partial charge in [-0.25, -0.2) is 0 Å². The molecular weight excluding hydrogens is 236 g/mol. The van der Waals surface area contributed by atoms with Crippen molar-refractivity contribution in [2.45, 2.75) is 32.1 Å². The minimum absolute atomic E-state index is 0.566. The second-order valence-electron chi connectivity index (χ2n) is 6.05. The molecular formula is C16H24N2O. The molecule has 1 aliphatic heterocycles. The first-order valence-corrected chi connectivity index (χ1v) is 7.49. The van der Waals surface area contributed by atoms with Gasteiger partial charge in [-0.3, -0.25) is 0 Å². The average molecular weight is 260 g/mol. The summed E-state index contributed by atoms with van der Waals surface area (Å²) in [5.41, 5.74) is 7.41. The summed E-state index contributed by atoms with van der Waals surface area (Å²) in [4.78, 5) is 2.50. The Morgan fingerprint density at radius 1 is 1.05 bits per heavy atom. The van der Waals surface area contributed by atoms with E-state index in [4.69, 9.17) is 10.5 Å². The van der Waals surface area contributed by atoms with E-state index in [9.17, 15) is 0 Å². The Morgan fingerprint density at radius 3 is 2.37 bits per heavy atom. The van der Waals surface area contributed by atoms with Crippen molar-refractivity contribution in [2.24, 2.45) is 11.1 Å². The maximum absolute atomic E-state index is 5.51. The number of benzene rings is 1. The molecule has 0 amide bonds. The number of anilines is 1. The zero-order chi connectivity index (χ0) is 13.1. The lowest BCUT2D eigenvalue weighted by atomic mass is 9.68. The quantitative estimate of drug-likeness (QED) is 0.904. The first kappa shape index (κ1) is 12.8. The van der Waals surface area contributed by atoms with Crippen LogP contribution in [-0.2, 0) is 0 Å². The van der Waals surface area contributed by atoms with Crippen molar-refractivity contribution < 1.29 is 4.74 Å². The van der Waals surface area contributed by atoms with Crippen molar-refractivity contribution in [2.75, 3.05) is 31.1 Å². The Bertz CT molecular complexity index is 401. The molecule has 3 heteroatoms. The van der Waals surface area contributed by atoms with Crippen molar-refractivity contribution in [1.29, 1.82) is 0 Å². The van der Waals surface area contributed by atoms with Crippen molar-refractivity contribution in [3.8, 4) is 5.75 Å². The van der Waals surface area contributed by atoms with Gasteiger partial charge in [-0.1, -0.05) is 19.3 Å². The zero-order valence-corrected chi connectivity index (χ0v) is 11.6. The summed E-state index contributed by atoms with van der Waals surface area (Å²) < 4.78 is 5.51. The van der Waals surface area contributed by atoms with Gasteiger partial charge in [0.05, 0.1) is 0 Å². The Kier molecular flexibility index (Phi) is 3.65. The van der Waals surface area contributed by atoms with Crippen LogP contribution < -0.4 is 15.4 Å². The van der Waals surface area contributed by atoms with Crippen LogP contribution in [0.15, 0.2) is 24.3 Å². The van der Waals surface area contributed by atoms with E-state index in [0.717, 1.165) is 5.75 Å². The van der Waals surface area contributed by atoms with Crippen LogP contribution in [0.5, 0.6) is 5.75 Å². The summed E-state index contributed by atoms with van der Waals surface area (Å²) in [6, 6.07) is 8.44. The lowest BCUT2D eigenvalue weighted by Gasteiger charge is -2.53. The van der Waals surface area contributed by atoms with E-state index in [1.54, 1.807) is 0 Å². The minimum atomic E-state index is 0.566. The third-order valence-electron chi connectivity index (χ3n) is 4.56. The minimum Gasteiger partial charge on any atom is -0.492 e. The van der Waals surface area contributed by atoms with Crippen LogP contribution in [0.2, 0.25) is 0 Å². The summed E-state index contributed by atoms with van der Waals surface area (Å²) in [5.74, 6) is 0.919. The third kappa shape index (κ3) is 2.71. The highest BCUT2D eigenvalue weighted by Crippen LogP contribution is 2.45. The van der Waals surface area contributed by atoms with Gasteiger partial charge in [0.2, 0.25) is 0 Å². The standard InChI is InChI=1S/C16H24N2O/c17-10-11-19-15-6-4-14(5-7-15)18-12-16(13-18)8-2-1-3-9-16/h4-7H,1-3,8-13,17H2. The molecule has 2 aliphatic rings. The fraction of sp³-hybridized carbons (Fsp3) is 0.625. The molecule has 19 heavy (non-hydrogen) atoms. The highest BCUT2D eigenvalue weighted by Gasteiger charge is 2.43. The molecule has 1 heterocycles. The van der Waals surface area contributed by atoms with E-state index in [2.05, 4.69) is 29.2 Å². The molecule has 0 unspecified atom stereocenters. The Morgan fingerprint density at radius 2 is 1.74 bits per heavy atom. The van der Waals surface area contributed by atoms with Gasteiger partial charge in [0.1, 0.15) is 12.4 Å². The van der Waals surface area contributed by atoms with Gasteiger partial charge < -0.3 is 15.4 Å². The number of hydrogen-bond acceptors (Lipinski definition) is 3. The summed E-state index contributed by atoms with van der Waals surface area (Å²) >= 11 is 0. The van der Waals surface area contributed by atoms with Crippen LogP contribution >= 0.6 is 0 Å². The molecule has 1 saturated heterocycles. The summed E-state index contributed by atoms with van der Waals surface area (Å²) in [5, 5.41) is 0. The number of hydrogen-bond donors (Lipinski definition) is 1. The largest absolute Gasteiger partial charge is 0.492 e.